The van der Waals surface area contributed by atoms with Gasteiger partial charge in [0.1, 0.15) is 11.9 Å². The van der Waals surface area contributed by atoms with Crippen molar-refractivity contribution in [1.82, 2.24) is 5.32 Å². The SMILES string of the molecule is CC(CCc1cccc(F)c1)C(=O)NC(C(=O)O)C1CC1. The molecule has 0 radical (unpaired) electrons. The molecule has 0 bridgehead atoms. The fourth-order valence-electron chi connectivity index (χ4n) is 2.31. The van der Waals surface area contributed by atoms with E-state index in [1.807, 2.05) is 6.07 Å². The van der Waals surface area contributed by atoms with Gasteiger partial charge in [0.2, 0.25) is 5.91 Å². The van der Waals surface area contributed by atoms with Crippen molar-refractivity contribution in [2.45, 2.75) is 38.6 Å². The van der Waals surface area contributed by atoms with Crippen LogP contribution < -0.4 is 5.32 Å². The van der Waals surface area contributed by atoms with Gasteiger partial charge in [0.05, 0.1) is 0 Å². The van der Waals surface area contributed by atoms with Crippen molar-refractivity contribution in [1.29, 1.82) is 0 Å². The standard InChI is InChI=1S/C16H20FNO3/c1-10(5-6-11-3-2-4-13(17)9-11)15(19)18-14(16(20)21)12-7-8-12/h2-4,9-10,12,14H,5-8H2,1H3,(H,18,19)(H,20,21). The van der Waals surface area contributed by atoms with Crippen LogP contribution in [0.15, 0.2) is 24.3 Å². The molecule has 1 aromatic rings. The summed E-state index contributed by atoms with van der Waals surface area (Å²) in [7, 11) is 0. The minimum atomic E-state index is -0.969. The minimum absolute atomic E-state index is 0.0712. The van der Waals surface area contributed by atoms with E-state index in [0.717, 1.165) is 18.4 Å². The summed E-state index contributed by atoms with van der Waals surface area (Å²) in [5.41, 5.74) is 0.839. The molecule has 1 aliphatic rings. The minimum Gasteiger partial charge on any atom is -0.480 e. The first-order valence-corrected chi connectivity index (χ1v) is 7.25. The number of aliphatic carboxylic acids is 1. The molecule has 2 rings (SSSR count). The number of carboxylic acids is 1. The lowest BCUT2D eigenvalue weighted by molar-refractivity contribution is -0.143. The smallest absolute Gasteiger partial charge is 0.326 e. The van der Waals surface area contributed by atoms with Crippen molar-refractivity contribution >= 4 is 11.9 Å². The van der Waals surface area contributed by atoms with Crippen molar-refractivity contribution in [3.63, 3.8) is 0 Å². The summed E-state index contributed by atoms with van der Waals surface area (Å²) in [6.45, 7) is 1.76. The van der Waals surface area contributed by atoms with Gasteiger partial charge in [-0.25, -0.2) is 9.18 Å². The maximum Gasteiger partial charge on any atom is 0.326 e. The first kappa shape index (κ1) is 15.5. The first-order chi connectivity index (χ1) is 9.97. The molecule has 1 aliphatic carbocycles. The van der Waals surface area contributed by atoms with Crippen LogP contribution in [0.4, 0.5) is 4.39 Å². The number of carbonyl (C=O) groups excluding carboxylic acids is 1. The normalized spacial score (nSPS) is 17.0. The Kier molecular flexibility index (Phi) is 4.94. The molecule has 5 heteroatoms. The van der Waals surface area contributed by atoms with Gasteiger partial charge in [0.15, 0.2) is 0 Å². The van der Waals surface area contributed by atoms with Gasteiger partial charge in [0, 0.05) is 5.92 Å². The number of halogens is 1. The van der Waals surface area contributed by atoms with Crippen LogP contribution in [0.2, 0.25) is 0 Å². The molecule has 0 saturated heterocycles. The maximum atomic E-state index is 13.1. The third kappa shape index (κ3) is 4.55. The molecular formula is C16H20FNO3. The summed E-state index contributed by atoms with van der Waals surface area (Å²) < 4.78 is 13.1. The van der Waals surface area contributed by atoms with E-state index in [4.69, 9.17) is 5.11 Å². The van der Waals surface area contributed by atoms with Gasteiger partial charge in [-0.3, -0.25) is 4.79 Å². The Morgan fingerprint density at radius 2 is 2.14 bits per heavy atom. The molecule has 2 unspecified atom stereocenters. The Balaban J connectivity index is 1.83. The van der Waals surface area contributed by atoms with Crippen molar-refractivity contribution in [3.8, 4) is 0 Å². The van der Waals surface area contributed by atoms with Gasteiger partial charge in [-0.2, -0.15) is 0 Å². The van der Waals surface area contributed by atoms with E-state index in [1.54, 1.807) is 13.0 Å². The molecule has 21 heavy (non-hydrogen) atoms. The van der Waals surface area contributed by atoms with E-state index in [2.05, 4.69) is 5.32 Å². The largest absolute Gasteiger partial charge is 0.480 e. The predicted molar refractivity (Wildman–Crippen MR) is 76.2 cm³/mol. The van der Waals surface area contributed by atoms with Crippen molar-refractivity contribution in [3.05, 3.63) is 35.6 Å². The van der Waals surface area contributed by atoms with Crippen LogP contribution in [0.3, 0.4) is 0 Å². The fourth-order valence-corrected chi connectivity index (χ4v) is 2.31. The van der Waals surface area contributed by atoms with E-state index in [1.165, 1.54) is 12.1 Å². The average Bonchev–Trinajstić information content (AvgIpc) is 3.26. The fraction of sp³-hybridized carbons (Fsp3) is 0.500. The Hall–Kier alpha value is -1.91. The van der Waals surface area contributed by atoms with E-state index < -0.39 is 12.0 Å². The summed E-state index contributed by atoms with van der Waals surface area (Å²) in [5.74, 6) is -1.73. The van der Waals surface area contributed by atoms with Crippen LogP contribution in [0.5, 0.6) is 0 Å². The maximum absolute atomic E-state index is 13.1. The van der Waals surface area contributed by atoms with Crippen LogP contribution in [0.1, 0.15) is 31.7 Å². The number of carbonyl (C=O) groups is 2. The monoisotopic (exact) mass is 293 g/mol. The number of hydrogen-bond donors (Lipinski definition) is 2. The Morgan fingerprint density at radius 1 is 1.43 bits per heavy atom. The predicted octanol–water partition coefficient (Wildman–Crippen LogP) is 2.37. The van der Waals surface area contributed by atoms with Crippen LogP contribution in [0.25, 0.3) is 0 Å². The second-order valence-corrected chi connectivity index (χ2v) is 5.73. The number of carboxylic acid groups (broad SMARTS) is 1. The molecule has 1 aromatic carbocycles. The summed E-state index contributed by atoms with van der Waals surface area (Å²) in [6.07, 6.45) is 2.86. The highest BCUT2D eigenvalue weighted by atomic mass is 19.1. The summed E-state index contributed by atoms with van der Waals surface area (Å²) in [4.78, 5) is 23.1. The highest BCUT2D eigenvalue weighted by Crippen LogP contribution is 2.32. The van der Waals surface area contributed by atoms with Gasteiger partial charge in [-0.05, 0) is 49.3 Å². The molecule has 2 N–H and O–H groups in total. The third-order valence-electron chi connectivity index (χ3n) is 3.86. The number of benzene rings is 1. The number of nitrogens with one attached hydrogen (secondary N) is 1. The molecular weight excluding hydrogens is 273 g/mol. The molecule has 0 aromatic heterocycles. The lowest BCUT2D eigenvalue weighted by Gasteiger charge is -2.17. The average molecular weight is 293 g/mol. The van der Waals surface area contributed by atoms with Crippen LogP contribution in [-0.2, 0) is 16.0 Å². The molecule has 1 fully saturated rings. The molecule has 0 spiro atoms. The Bertz CT molecular complexity index is 528. The third-order valence-corrected chi connectivity index (χ3v) is 3.86. The van der Waals surface area contributed by atoms with Crippen LogP contribution >= 0.6 is 0 Å². The van der Waals surface area contributed by atoms with E-state index in [0.29, 0.717) is 12.8 Å². The molecule has 114 valence electrons. The number of aryl methyl sites for hydroxylation is 1. The topological polar surface area (TPSA) is 66.4 Å². The highest BCUT2D eigenvalue weighted by Gasteiger charge is 2.37. The zero-order chi connectivity index (χ0) is 15.4. The molecule has 0 heterocycles. The summed E-state index contributed by atoms with van der Waals surface area (Å²) in [6, 6.07) is 5.52. The van der Waals surface area contributed by atoms with Crippen molar-refractivity contribution < 1.29 is 19.1 Å². The summed E-state index contributed by atoms with van der Waals surface area (Å²) >= 11 is 0. The number of rotatable bonds is 7. The summed E-state index contributed by atoms with van der Waals surface area (Å²) in [5, 5.41) is 11.7. The number of hydrogen-bond acceptors (Lipinski definition) is 2. The molecule has 4 nitrogen and oxygen atoms in total. The van der Waals surface area contributed by atoms with Crippen molar-refractivity contribution in [2.24, 2.45) is 11.8 Å². The molecule has 2 atom stereocenters. The van der Waals surface area contributed by atoms with Gasteiger partial charge in [0.25, 0.3) is 0 Å². The zero-order valence-electron chi connectivity index (χ0n) is 12.0. The van der Waals surface area contributed by atoms with E-state index >= 15 is 0 Å². The van der Waals surface area contributed by atoms with Crippen LogP contribution in [-0.4, -0.2) is 23.0 Å². The lowest BCUT2D eigenvalue weighted by Crippen LogP contribution is -2.44. The quantitative estimate of drug-likeness (QED) is 0.811. The number of amides is 1. The first-order valence-electron chi connectivity index (χ1n) is 7.25. The van der Waals surface area contributed by atoms with Gasteiger partial charge in [-0.15, -0.1) is 0 Å². The second-order valence-electron chi connectivity index (χ2n) is 5.73. The van der Waals surface area contributed by atoms with Gasteiger partial charge < -0.3 is 10.4 Å². The Morgan fingerprint density at radius 3 is 2.71 bits per heavy atom. The van der Waals surface area contributed by atoms with Gasteiger partial charge in [-0.1, -0.05) is 19.1 Å². The Labute approximate surface area is 123 Å². The zero-order valence-corrected chi connectivity index (χ0v) is 12.0. The van der Waals surface area contributed by atoms with Crippen LogP contribution in [0, 0.1) is 17.7 Å². The van der Waals surface area contributed by atoms with Gasteiger partial charge >= 0.3 is 5.97 Å². The molecule has 0 aliphatic heterocycles. The lowest BCUT2D eigenvalue weighted by atomic mass is 9.99. The highest BCUT2D eigenvalue weighted by molar-refractivity contribution is 5.85. The second kappa shape index (κ2) is 6.70. The van der Waals surface area contributed by atoms with E-state index in [-0.39, 0.29) is 23.6 Å². The van der Waals surface area contributed by atoms with Crippen molar-refractivity contribution in [2.75, 3.05) is 0 Å². The molecule has 1 amide bonds. The van der Waals surface area contributed by atoms with E-state index in [9.17, 15) is 14.0 Å². The molecule has 1 saturated carbocycles.